The molecule has 3 N–H and O–H groups in total. The van der Waals surface area contributed by atoms with Crippen LogP contribution in [0.5, 0.6) is 0 Å². The fraction of sp³-hybridized carbons (Fsp3) is 0.0952. The predicted molar refractivity (Wildman–Crippen MR) is 108 cm³/mol. The zero-order chi connectivity index (χ0) is 19.9. The van der Waals surface area contributed by atoms with Crippen LogP contribution in [0.25, 0.3) is 10.8 Å². The number of rotatable bonds is 5. The monoisotopic (exact) mass is 395 g/mol. The summed E-state index contributed by atoms with van der Waals surface area (Å²) in [5.41, 5.74) is 5.63. The van der Waals surface area contributed by atoms with Crippen molar-refractivity contribution < 1.29 is 14.4 Å². The summed E-state index contributed by atoms with van der Waals surface area (Å²) in [5, 5.41) is 4.86. The average molecular weight is 396 g/mol. The molecule has 0 unspecified atom stereocenters. The summed E-state index contributed by atoms with van der Waals surface area (Å²) in [6.07, 6.45) is 0.153. The van der Waals surface area contributed by atoms with Gasteiger partial charge in [-0.2, -0.15) is 0 Å². The summed E-state index contributed by atoms with van der Waals surface area (Å²) >= 11 is 5.93. The zero-order valence-corrected chi connectivity index (χ0v) is 15.6. The molecule has 0 atom stereocenters. The zero-order valence-electron chi connectivity index (χ0n) is 14.9. The maximum absolute atomic E-state index is 12.2. The molecule has 0 saturated carbocycles. The van der Waals surface area contributed by atoms with Crippen LogP contribution in [0.4, 0.5) is 0 Å². The van der Waals surface area contributed by atoms with Crippen molar-refractivity contribution in [2.45, 2.75) is 6.42 Å². The van der Waals surface area contributed by atoms with Crippen LogP contribution in [0.15, 0.2) is 66.7 Å². The van der Waals surface area contributed by atoms with E-state index in [1.165, 1.54) is 6.07 Å². The smallest absolute Gasteiger partial charge is 0.271 e. The Balaban J connectivity index is 1.48. The minimum Gasteiger partial charge on any atom is -0.347 e. The summed E-state index contributed by atoms with van der Waals surface area (Å²) < 4.78 is 0. The van der Waals surface area contributed by atoms with E-state index in [1.807, 2.05) is 42.5 Å². The van der Waals surface area contributed by atoms with Gasteiger partial charge in [-0.05, 0) is 28.5 Å². The third-order valence-electron chi connectivity index (χ3n) is 4.11. The SMILES string of the molecule is O=C(Cc1cccc2ccccc12)NCC(=O)NNC(=O)c1ccccc1Cl. The third kappa shape index (κ3) is 4.86. The fourth-order valence-corrected chi connectivity index (χ4v) is 2.97. The van der Waals surface area contributed by atoms with E-state index in [9.17, 15) is 14.4 Å². The molecule has 3 amide bonds. The second-order valence-corrected chi connectivity index (χ2v) is 6.48. The van der Waals surface area contributed by atoms with Crippen molar-refractivity contribution in [1.29, 1.82) is 0 Å². The van der Waals surface area contributed by atoms with Crippen LogP contribution in [0.1, 0.15) is 15.9 Å². The normalized spacial score (nSPS) is 10.3. The van der Waals surface area contributed by atoms with Gasteiger partial charge < -0.3 is 5.32 Å². The Bertz CT molecular complexity index is 1030. The highest BCUT2D eigenvalue weighted by Gasteiger charge is 2.12. The van der Waals surface area contributed by atoms with Crippen LogP contribution in [-0.2, 0) is 16.0 Å². The van der Waals surface area contributed by atoms with Gasteiger partial charge in [0.05, 0.1) is 23.6 Å². The highest BCUT2D eigenvalue weighted by atomic mass is 35.5. The minimum atomic E-state index is -0.549. The van der Waals surface area contributed by atoms with Crippen molar-refractivity contribution in [3.8, 4) is 0 Å². The first-order valence-corrected chi connectivity index (χ1v) is 8.99. The van der Waals surface area contributed by atoms with Crippen molar-refractivity contribution in [2.75, 3.05) is 6.54 Å². The van der Waals surface area contributed by atoms with Crippen molar-refractivity contribution in [2.24, 2.45) is 0 Å². The molecular weight excluding hydrogens is 378 g/mol. The molecule has 0 aromatic heterocycles. The largest absolute Gasteiger partial charge is 0.347 e. The van der Waals surface area contributed by atoms with Crippen molar-refractivity contribution in [3.05, 3.63) is 82.9 Å². The summed E-state index contributed by atoms with van der Waals surface area (Å²) in [6.45, 7) is -0.258. The lowest BCUT2D eigenvalue weighted by Gasteiger charge is -2.10. The van der Waals surface area contributed by atoms with Crippen LogP contribution < -0.4 is 16.2 Å². The van der Waals surface area contributed by atoms with Gasteiger partial charge in [-0.25, -0.2) is 0 Å². The number of hydrogen-bond donors (Lipinski definition) is 3. The molecule has 0 aliphatic heterocycles. The number of fused-ring (bicyclic) bond motifs is 1. The summed E-state index contributed by atoms with van der Waals surface area (Å²) in [5.74, 6) is -1.38. The highest BCUT2D eigenvalue weighted by molar-refractivity contribution is 6.33. The third-order valence-corrected chi connectivity index (χ3v) is 4.44. The van der Waals surface area contributed by atoms with Gasteiger partial charge in [0.15, 0.2) is 0 Å². The Morgan fingerprint density at radius 2 is 1.50 bits per heavy atom. The van der Waals surface area contributed by atoms with E-state index >= 15 is 0 Å². The lowest BCUT2D eigenvalue weighted by Crippen LogP contribution is -2.46. The van der Waals surface area contributed by atoms with Gasteiger partial charge in [0.1, 0.15) is 0 Å². The number of halogens is 1. The standard InChI is InChI=1S/C21H18ClN3O3/c22-18-11-4-3-10-17(18)21(28)25-24-20(27)13-23-19(26)12-15-8-5-7-14-6-1-2-9-16(14)15/h1-11H,12-13H2,(H,23,26)(H,24,27)(H,25,28). The molecule has 28 heavy (non-hydrogen) atoms. The van der Waals surface area contributed by atoms with Crippen LogP contribution in [0.2, 0.25) is 5.02 Å². The predicted octanol–water partition coefficient (Wildman–Crippen LogP) is 2.61. The highest BCUT2D eigenvalue weighted by Crippen LogP contribution is 2.18. The van der Waals surface area contributed by atoms with E-state index < -0.39 is 11.8 Å². The lowest BCUT2D eigenvalue weighted by molar-refractivity contribution is -0.126. The van der Waals surface area contributed by atoms with Crippen LogP contribution in [0.3, 0.4) is 0 Å². The first-order chi connectivity index (χ1) is 13.5. The molecule has 0 bridgehead atoms. The van der Waals surface area contributed by atoms with Crippen molar-refractivity contribution >= 4 is 40.1 Å². The van der Waals surface area contributed by atoms with E-state index in [1.54, 1.807) is 18.2 Å². The minimum absolute atomic E-state index is 0.153. The second kappa shape index (κ2) is 9.01. The molecule has 7 heteroatoms. The molecule has 0 saturated heterocycles. The molecule has 0 aliphatic rings. The van der Waals surface area contributed by atoms with Gasteiger partial charge >= 0.3 is 0 Å². The van der Waals surface area contributed by atoms with Gasteiger partial charge in [-0.15, -0.1) is 0 Å². The Labute approximate surface area is 166 Å². The number of nitrogens with one attached hydrogen (secondary N) is 3. The summed E-state index contributed by atoms with van der Waals surface area (Å²) in [4.78, 5) is 36.0. The Hall–Kier alpha value is -3.38. The lowest BCUT2D eigenvalue weighted by atomic mass is 10.0. The maximum atomic E-state index is 12.2. The van der Waals surface area contributed by atoms with E-state index in [-0.39, 0.29) is 29.5 Å². The summed E-state index contributed by atoms with van der Waals surface area (Å²) in [7, 11) is 0. The van der Waals surface area contributed by atoms with E-state index in [2.05, 4.69) is 16.2 Å². The van der Waals surface area contributed by atoms with Gasteiger partial charge in [0, 0.05) is 0 Å². The molecule has 0 heterocycles. The van der Waals surface area contributed by atoms with Gasteiger partial charge in [-0.3, -0.25) is 25.2 Å². The van der Waals surface area contributed by atoms with Crippen LogP contribution >= 0.6 is 11.6 Å². The van der Waals surface area contributed by atoms with Crippen LogP contribution in [-0.4, -0.2) is 24.3 Å². The fourth-order valence-electron chi connectivity index (χ4n) is 2.74. The van der Waals surface area contributed by atoms with E-state index in [4.69, 9.17) is 11.6 Å². The van der Waals surface area contributed by atoms with E-state index in [0.717, 1.165) is 16.3 Å². The van der Waals surface area contributed by atoms with Crippen molar-refractivity contribution in [1.82, 2.24) is 16.2 Å². The molecule has 6 nitrogen and oxygen atoms in total. The van der Waals surface area contributed by atoms with Crippen LogP contribution in [0, 0.1) is 0 Å². The molecule has 3 rings (SSSR count). The number of hydrogen-bond acceptors (Lipinski definition) is 3. The molecule has 0 radical (unpaired) electrons. The number of carbonyl (C=O) groups is 3. The van der Waals surface area contributed by atoms with Gasteiger partial charge in [0.2, 0.25) is 5.91 Å². The Morgan fingerprint density at radius 1 is 0.786 bits per heavy atom. The number of benzene rings is 3. The molecular formula is C21H18ClN3O3. The van der Waals surface area contributed by atoms with Gasteiger partial charge in [0.25, 0.3) is 11.8 Å². The second-order valence-electron chi connectivity index (χ2n) is 6.07. The molecule has 3 aromatic rings. The first-order valence-electron chi connectivity index (χ1n) is 8.61. The molecule has 0 aliphatic carbocycles. The number of carbonyl (C=O) groups excluding carboxylic acids is 3. The molecule has 0 spiro atoms. The van der Waals surface area contributed by atoms with Crippen molar-refractivity contribution in [3.63, 3.8) is 0 Å². The molecule has 3 aromatic carbocycles. The summed E-state index contributed by atoms with van der Waals surface area (Å²) in [6, 6.07) is 20.0. The Morgan fingerprint density at radius 3 is 2.32 bits per heavy atom. The number of hydrazine groups is 1. The van der Waals surface area contributed by atoms with Gasteiger partial charge in [-0.1, -0.05) is 66.2 Å². The average Bonchev–Trinajstić information content (AvgIpc) is 2.71. The van der Waals surface area contributed by atoms with E-state index in [0.29, 0.717) is 0 Å². The number of amides is 3. The Kier molecular flexibility index (Phi) is 6.24. The molecule has 0 fully saturated rings. The first kappa shape index (κ1) is 19.4. The molecule has 142 valence electrons. The maximum Gasteiger partial charge on any atom is 0.271 e. The topological polar surface area (TPSA) is 87.3 Å². The quantitative estimate of drug-likeness (QED) is 0.580.